The number of hydrogen-bond donors (Lipinski definition) is 1. The SMILES string of the molecule is CC(Nc1ccnc(Cl)c1)c1nccs1. The summed E-state index contributed by atoms with van der Waals surface area (Å²) in [4.78, 5) is 8.16. The highest BCUT2D eigenvalue weighted by Gasteiger charge is 2.07. The van der Waals surface area contributed by atoms with E-state index in [4.69, 9.17) is 11.6 Å². The van der Waals surface area contributed by atoms with Crippen LogP contribution >= 0.6 is 22.9 Å². The fourth-order valence-electron chi connectivity index (χ4n) is 1.25. The van der Waals surface area contributed by atoms with Gasteiger partial charge in [-0.25, -0.2) is 9.97 Å². The number of nitrogens with zero attached hydrogens (tertiary/aromatic N) is 2. The predicted octanol–water partition coefficient (Wildman–Crippen LogP) is 3.36. The molecule has 78 valence electrons. The molecule has 1 N–H and O–H groups in total. The van der Waals surface area contributed by atoms with Gasteiger partial charge < -0.3 is 5.32 Å². The van der Waals surface area contributed by atoms with Crippen molar-refractivity contribution in [3.05, 3.63) is 40.1 Å². The summed E-state index contributed by atoms with van der Waals surface area (Å²) < 4.78 is 0. The second-order valence-electron chi connectivity index (χ2n) is 3.10. The average Bonchev–Trinajstić information content (AvgIpc) is 2.70. The van der Waals surface area contributed by atoms with Crippen molar-refractivity contribution in [3.63, 3.8) is 0 Å². The molecule has 0 aliphatic rings. The maximum atomic E-state index is 5.79. The van der Waals surface area contributed by atoms with Gasteiger partial charge in [-0.1, -0.05) is 11.6 Å². The van der Waals surface area contributed by atoms with Gasteiger partial charge in [-0.05, 0) is 19.1 Å². The number of pyridine rings is 1. The Morgan fingerprint density at radius 3 is 2.93 bits per heavy atom. The van der Waals surface area contributed by atoms with E-state index in [1.807, 2.05) is 11.4 Å². The summed E-state index contributed by atoms with van der Waals surface area (Å²) in [7, 11) is 0. The number of hydrogen-bond acceptors (Lipinski definition) is 4. The van der Waals surface area contributed by atoms with Crippen molar-refractivity contribution in [3.8, 4) is 0 Å². The minimum absolute atomic E-state index is 0.184. The van der Waals surface area contributed by atoms with E-state index in [1.54, 1.807) is 29.8 Å². The number of nitrogens with one attached hydrogen (secondary N) is 1. The van der Waals surface area contributed by atoms with Crippen LogP contribution in [0.15, 0.2) is 29.9 Å². The van der Waals surface area contributed by atoms with E-state index in [-0.39, 0.29) is 6.04 Å². The monoisotopic (exact) mass is 239 g/mol. The van der Waals surface area contributed by atoms with Crippen molar-refractivity contribution in [1.29, 1.82) is 0 Å². The molecule has 0 amide bonds. The van der Waals surface area contributed by atoms with Crippen LogP contribution in [0.4, 0.5) is 5.69 Å². The molecule has 2 rings (SSSR count). The molecule has 3 nitrogen and oxygen atoms in total. The standard InChI is InChI=1S/C10H10ClN3S/c1-7(10-13-4-5-15-10)14-8-2-3-12-9(11)6-8/h2-7H,1H3,(H,12,14). The van der Waals surface area contributed by atoms with Crippen LogP contribution in [0.3, 0.4) is 0 Å². The lowest BCUT2D eigenvalue weighted by molar-refractivity contribution is 0.869. The van der Waals surface area contributed by atoms with Crippen LogP contribution < -0.4 is 5.32 Å². The molecule has 0 spiro atoms. The molecule has 0 aliphatic carbocycles. The van der Waals surface area contributed by atoms with Crippen LogP contribution in [-0.4, -0.2) is 9.97 Å². The quantitative estimate of drug-likeness (QED) is 0.835. The topological polar surface area (TPSA) is 37.8 Å². The predicted molar refractivity (Wildman–Crippen MR) is 63.4 cm³/mol. The Kier molecular flexibility index (Phi) is 3.18. The van der Waals surface area contributed by atoms with Crippen LogP contribution in [0.25, 0.3) is 0 Å². The van der Waals surface area contributed by atoms with E-state index in [2.05, 4.69) is 22.2 Å². The lowest BCUT2D eigenvalue weighted by Gasteiger charge is -2.12. The van der Waals surface area contributed by atoms with Gasteiger partial charge in [0.25, 0.3) is 0 Å². The summed E-state index contributed by atoms with van der Waals surface area (Å²) >= 11 is 7.42. The van der Waals surface area contributed by atoms with Gasteiger partial charge in [0.1, 0.15) is 10.2 Å². The summed E-state index contributed by atoms with van der Waals surface area (Å²) in [6.45, 7) is 2.06. The third-order valence-electron chi connectivity index (χ3n) is 1.93. The molecule has 5 heteroatoms. The van der Waals surface area contributed by atoms with E-state index in [0.29, 0.717) is 5.15 Å². The van der Waals surface area contributed by atoms with Crippen molar-refractivity contribution >= 4 is 28.6 Å². The Morgan fingerprint density at radius 2 is 2.27 bits per heavy atom. The Hall–Kier alpha value is -1.13. The molecule has 15 heavy (non-hydrogen) atoms. The van der Waals surface area contributed by atoms with Crippen molar-refractivity contribution < 1.29 is 0 Å². The molecule has 0 saturated heterocycles. The minimum Gasteiger partial charge on any atom is -0.376 e. The normalized spacial score (nSPS) is 12.4. The molecule has 0 bridgehead atoms. The first-order chi connectivity index (χ1) is 7.25. The highest BCUT2D eigenvalue weighted by molar-refractivity contribution is 7.09. The molecule has 0 saturated carbocycles. The van der Waals surface area contributed by atoms with Crippen LogP contribution in [0.1, 0.15) is 18.0 Å². The zero-order valence-electron chi connectivity index (χ0n) is 8.14. The van der Waals surface area contributed by atoms with Crippen molar-refractivity contribution in [2.24, 2.45) is 0 Å². The number of anilines is 1. The van der Waals surface area contributed by atoms with Crippen LogP contribution in [0.5, 0.6) is 0 Å². The Labute approximate surface area is 97.2 Å². The second-order valence-corrected chi connectivity index (χ2v) is 4.42. The smallest absolute Gasteiger partial charge is 0.131 e. The number of rotatable bonds is 3. The highest BCUT2D eigenvalue weighted by atomic mass is 35.5. The molecule has 2 heterocycles. The maximum Gasteiger partial charge on any atom is 0.131 e. The second kappa shape index (κ2) is 4.59. The molecule has 1 unspecified atom stereocenters. The number of thiazole rings is 1. The maximum absolute atomic E-state index is 5.79. The molecule has 2 aromatic rings. The fourth-order valence-corrected chi connectivity index (χ4v) is 2.07. The van der Waals surface area contributed by atoms with E-state index >= 15 is 0 Å². The Bertz CT molecular complexity index is 430. The molecule has 1 atom stereocenters. The van der Waals surface area contributed by atoms with Crippen LogP contribution in [-0.2, 0) is 0 Å². The first kappa shape index (κ1) is 10.4. The first-order valence-corrected chi connectivity index (χ1v) is 5.79. The highest BCUT2D eigenvalue weighted by Crippen LogP contribution is 2.21. The number of halogens is 1. The van der Waals surface area contributed by atoms with Gasteiger partial charge in [0.15, 0.2) is 0 Å². The Balaban J connectivity index is 2.09. The summed E-state index contributed by atoms with van der Waals surface area (Å²) in [5, 5.41) is 6.82. The van der Waals surface area contributed by atoms with Gasteiger partial charge in [-0.2, -0.15) is 0 Å². The summed E-state index contributed by atoms with van der Waals surface area (Å²) in [6.07, 6.45) is 3.48. The molecule has 2 aromatic heterocycles. The number of aromatic nitrogens is 2. The largest absolute Gasteiger partial charge is 0.376 e. The lowest BCUT2D eigenvalue weighted by Crippen LogP contribution is -2.05. The molecule has 0 fully saturated rings. The molecule has 0 aromatic carbocycles. The fraction of sp³-hybridized carbons (Fsp3) is 0.200. The summed E-state index contributed by atoms with van der Waals surface area (Å²) in [5.41, 5.74) is 0.956. The van der Waals surface area contributed by atoms with E-state index in [9.17, 15) is 0 Å². The van der Waals surface area contributed by atoms with Crippen LogP contribution in [0.2, 0.25) is 5.15 Å². The third-order valence-corrected chi connectivity index (χ3v) is 3.10. The van der Waals surface area contributed by atoms with Crippen molar-refractivity contribution in [2.75, 3.05) is 5.32 Å². The Morgan fingerprint density at radius 1 is 1.40 bits per heavy atom. The van der Waals surface area contributed by atoms with E-state index < -0.39 is 0 Å². The van der Waals surface area contributed by atoms with Gasteiger partial charge >= 0.3 is 0 Å². The lowest BCUT2D eigenvalue weighted by atomic mass is 10.3. The van der Waals surface area contributed by atoms with Crippen LogP contribution in [0, 0.1) is 0 Å². The molecular formula is C10H10ClN3S. The molecular weight excluding hydrogens is 230 g/mol. The molecule has 0 radical (unpaired) electrons. The average molecular weight is 240 g/mol. The van der Waals surface area contributed by atoms with Gasteiger partial charge in [0.05, 0.1) is 6.04 Å². The van der Waals surface area contributed by atoms with E-state index in [0.717, 1.165) is 10.7 Å². The van der Waals surface area contributed by atoms with Gasteiger partial charge in [0, 0.05) is 23.5 Å². The van der Waals surface area contributed by atoms with Gasteiger partial charge in [-0.3, -0.25) is 0 Å². The first-order valence-electron chi connectivity index (χ1n) is 4.53. The minimum atomic E-state index is 0.184. The van der Waals surface area contributed by atoms with Crippen molar-refractivity contribution in [2.45, 2.75) is 13.0 Å². The zero-order valence-corrected chi connectivity index (χ0v) is 9.72. The van der Waals surface area contributed by atoms with Gasteiger partial charge in [0.2, 0.25) is 0 Å². The molecule has 0 aliphatic heterocycles. The van der Waals surface area contributed by atoms with E-state index in [1.165, 1.54) is 0 Å². The summed E-state index contributed by atoms with van der Waals surface area (Å²) in [5.74, 6) is 0. The van der Waals surface area contributed by atoms with Gasteiger partial charge in [-0.15, -0.1) is 11.3 Å². The van der Waals surface area contributed by atoms with Crippen molar-refractivity contribution in [1.82, 2.24) is 9.97 Å². The summed E-state index contributed by atoms with van der Waals surface area (Å²) in [6, 6.07) is 3.87. The zero-order chi connectivity index (χ0) is 10.7. The third kappa shape index (κ3) is 2.67.